The molecule has 15 heavy (non-hydrogen) atoms. The standard InChI is InChI=1S/C10H15FN4/c11-6-9-5-10(14-7-13-9)15-8-1-3-12-4-2-8/h5,7-8,12H,1-4,6H2,(H,13,14,15). The summed E-state index contributed by atoms with van der Waals surface area (Å²) in [6.07, 6.45) is 3.56. The Kier molecular flexibility index (Phi) is 3.45. The summed E-state index contributed by atoms with van der Waals surface area (Å²) in [5, 5.41) is 6.59. The highest BCUT2D eigenvalue weighted by Crippen LogP contribution is 2.11. The SMILES string of the molecule is FCc1cc(NC2CCNCC2)ncn1. The van der Waals surface area contributed by atoms with E-state index >= 15 is 0 Å². The average Bonchev–Trinajstić information content (AvgIpc) is 2.31. The van der Waals surface area contributed by atoms with Crippen LogP contribution in [0.15, 0.2) is 12.4 Å². The zero-order chi connectivity index (χ0) is 10.5. The van der Waals surface area contributed by atoms with Crippen molar-refractivity contribution in [2.24, 2.45) is 0 Å². The maximum atomic E-state index is 12.4. The quantitative estimate of drug-likeness (QED) is 0.784. The molecule has 2 N–H and O–H groups in total. The van der Waals surface area contributed by atoms with E-state index in [9.17, 15) is 4.39 Å². The van der Waals surface area contributed by atoms with Crippen molar-refractivity contribution >= 4 is 5.82 Å². The first-order valence-corrected chi connectivity index (χ1v) is 5.22. The Balaban J connectivity index is 1.96. The van der Waals surface area contributed by atoms with E-state index in [1.165, 1.54) is 6.33 Å². The summed E-state index contributed by atoms with van der Waals surface area (Å²) in [5.41, 5.74) is 0.432. The van der Waals surface area contributed by atoms with E-state index in [0.29, 0.717) is 11.7 Å². The van der Waals surface area contributed by atoms with Crippen molar-refractivity contribution < 1.29 is 4.39 Å². The highest BCUT2D eigenvalue weighted by atomic mass is 19.1. The molecule has 1 aromatic heterocycles. The molecule has 0 bridgehead atoms. The maximum absolute atomic E-state index is 12.4. The first-order chi connectivity index (χ1) is 7.38. The van der Waals surface area contributed by atoms with E-state index in [1.54, 1.807) is 6.07 Å². The van der Waals surface area contributed by atoms with Crippen LogP contribution < -0.4 is 10.6 Å². The Hall–Kier alpha value is -1.23. The lowest BCUT2D eigenvalue weighted by molar-refractivity contribution is 0.472. The van der Waals surface area contributed by atoms with Gasteiger partial charge >= 0.3 is 0 Å². The second-order valence-electron chi connectivity index (χ2n) is 3.70. The summed E-state index contributed by atoms with van der Waals surface area (Å²) in [7, 11) is 0. The lowest BCUT2D eigenvalue weighted by Gasteiger charge is -2.24. The molecule has 1 aliphatic heterocycles. The van der Waals surface area contributed by atoms with Gasteiger partial charge in [-0.25, -0.2) is 14.4 Å². The fourth-order valence-electron chi connectivity index (χ4n) is 1.72. The van der Waals surface area contributed by atoms with E-state index in [1.807, 2.05) is 0 Å². The Morgan fingerprint density at radius 3 is 2.93 bits per heavy atom. The van der Waals surface area contributed by atoms with Crippen molar-refractivity contribution in [1.82, 2.24) is 15.3 Å². The van der Waals surface area contributed by atoms with Crippen LogP contribution in [0.3, 0.4) is 0 Å². The first kappa shape index (κ1) is 10.3. The zero-order valence-electron chi connectivity index (χ0n) is 8.54. The molecule has 5 heteroatoms. The Bertz CT molecular complexity index is 312. The molecule has 0 aromatic carbocycles. The molecule has 0 spiro atoms. The Morgan fingerprint density at radius 1 is 1.40 bits per heavy atom. The third kappa shape index (κ3) is 2.86. The largest absolute Gasteiger partial charge is 0.367 e. The molecular weight excluding hydrogens is 195 g/mol. The molecule has 0 unspecified atom stereocenters. The number of anilines is 1. The Morgan fingerprint density at radius 2 is 2.20 bits per heavy atom. The molecule has 0 saturated carbocycles. The summed E-state index contributed by atoms with van der Waals surface area (Å²) >= 11 is 0. The van der Waals surface area contributed by atoms with Crippen LogP contribution in [0.5, 0.6) is 0 Å². The van der Waals surface area contributed by atoms with Crippen LogP contribution in [0.25, 0.3) is 0 Å². The number of aromatic nitrogens is 2. The number of hydrogen-bond acceptors (Lipinski definition) is 4. The average molecular weight is 210 g/mol. The van der Waals surface area contributed by atoms with Crippen molar-refractivity contribution in [3.8, 4) is 0 Å². The number of piperidine rings is 1. The van der Waals surface area contributed by atoms with Gasteiger partial charge in [0.05, 0.1) is 5.69 Å². The minimum Gasteiger partial charge on any atom is -0.367 e. The van der Waals surface area contributed by atoms with Crippen LogP contribution in [0, 0.1) is 0 Å². The normalized spacial score (nSPS) is 17.7. The van der Waals surface area contributed by atoms with Gasteiger partial charge in [-0.05, 0) is 25.9 Å². The molecule has 0 radical (unpaired) electrons. The van der Waals surface area contributed by atoms with Crippen LogP contribution in [-0.4, -0.2) is 29.1 Å². The smallest absolute Gasteiger partial charge is 0.132 e. The fraction of sp³-hybridized carbons (Fsp3) is 0.600. The molecule has 1 aliphatic rings. The molecular formula is C10H15FN4. The van der Waals surface area contributed by atoms with Crippen LogP contribution in [0.4, 0.5) is 10.2 Å². The van der Waals surface area contributed by atoms with Crippen LogP contribution in [0.2, 0.25) is 0 Å². The number of nitrogens with zero attached hydrogens (tertiary/aromatic N) is 2. The minimum absolute atomic E-state index is 0.432. The van der Waals surface area contributed by atoms with Crippen LogP contribution in [0.1, 0.15) is 18.5 Å². The summed E-state index contributed by atoms with van der Waals surface area (Å²) in [4.78, 5) is 7.88. The van der Waals surface area contributed by atoms with Gasteiger partial charge in [0.15, 0.2) is 0 Å². The number of hydrogen-bond donors (Lipinski definition) is 2. The van der Waals surface area contributed by atoms with Gasteiger partial charge in [0.1, 0.15) is 18.8 Å². The van der Waals surface area contributed by atoms with Crippen molar-refractivity contribution in [2.75, 3.05) is 18.4 Å². The third-order valence-electron chi connectivity index (χ3n) is 2.55. The van der Waals surface area contributed by atoms with Crippen LogP contribution >= 0.6 is 0 Å². The van der Waals surface area contributed by atoms with Gasteiger partial charge < -0.3 is 10.6 Å². The lowest BCUT2D eigenvalue weighted by atomic mass is 10.1. The van der Waals surface area contributed by atoms with E-state index < -0.39 is 6.67 Å². The number of nitrogens with one attached hydrogen (secondary N) is 2. The summed E-state index contributed by atoms with van der Waals surface area (Å²) in [6, 6.07) is 2.11. The first-order valence-electron chi connectivity index (χ1n) is 5.22. The maximum Gasteiger partial charge on any atom is 0.132 e. The predicted molar refractivity (Wildman–Crippen MR) is 56.4 cm³/mol. The molecule has 0 amide bonds. The number of alkyl halides is 1. The van der Waals surface area contributed by atoms with E-state index in [0.717, 1.165) is 31.7 Å². The van der Waals surface area contributed by atoms with Gasteiger partial charge in [0, 0.05) is 12.1 Å². The van der Waals surface area contributed by atoms with Gasteiger partial charge in [-0.1, -0.05) is 0 Å². The molecule has 82 valence electrons. The lowest BCUT2D eigenvalue weighted by Crippen LogP contribution is -2.35. The highest BCUT2D eigenvalue weighted by Gasteiger charge is 2.12. The second kappa shape index (κ2) is 5.02. The Labute approximate surface area is 88.3 Å². The number of halogens is 1. The minimum atomic E-state index is -0.538. The fourth-order valence-corrected chi connectivity index (χ4v) is 1.72. The van der Waals surface area contributed by atoms with Crippen molar-refractivity contribution in [2.45, 2.75) is 25.6 Å². The predicted octanol–water partition coefficient (Wildman–Crippen LogP) is 1.11. The van der Waals surface area contributed by atoms with E-state index in [4.69, 9.17) is 0 Å². The van der Waals surface area contributed by atoms with E-state index in [2.05, 4.69) is 20.6 Å². The van der Waals surface area contributed by atoms with Gasteiger partial charge in [0.2, 0.25) is 0 Å². The molecule has 0 aliphatic carbocycles. The third-order valence-corrected chi connectivity index (χ3v) is 2.55. The molecule has 1 fully saturated rings. The van der Waals surface area contributed by atoms with Crippen molar-refractivity contribution in [3.05, 3.63) is 18.1 Å². The molecule has 2 rings (SSSR count). The van der Waals surface area contributed by atoms with Crippen molar-refractivity contribution in [1.29, 1.82) is 0 Å². The number of rotatable bonds is 3. The van der Waals surface area contributed by atoms with E-state index in [-0.39, 0.29) is 0 Å². The molecule has 4 nitrogen and oxygen atoms in total. The van der Waals surface area contributed by atoms with Crippen molar-refractivity contribution in [3.63, 3.8) is 0 Å². The monoisotopic (exact) mass is 210 g/mol. The summed E-state index contributed by atoms with van der Waals surface area (Å²) in [6.45, 7) is 1.51. The van der Waals surface area contributed by atoms with Gasteiger partial charge in [0.25, 0.3) is 0 Å². The molecule has 2 heterocycles. The van der Waals surface area contributed by atoms with Crippen LogP contribution in [-0.2, 0) is 6.67 Å². The molecule has 1 saturated heterocycles. The summed E-state index contributed by atoms with van der Waals surface area (Å²) < 4.78 is 12.4. The van der Waals surface area contributed by atoms with Gasteiger partial charge in [-0.2, -0.15) is 0 Å². The summed E-state index contributed by atoms with van der Waals surface area (Å²) in [5.74, 6) is 0.726. The topological polar surface area (TPSA) is 49.8 Å². The second-order valence-corrected chi connectivity index (χ2v) is 3.70. The zero-order valence-corrected chi connectivity index (χ0v) is 8.54. The van der Waals surface area contributed by atoms with Gasteiger partial charge in [-0.15, -0.1) is 0 Å². The molecule has 1 aromatic rings. The highest BCUT2D eigenvalue weighted by molar-refractivity contribution is 5.35. The molecule has 0 atom stereocenters. The van der Waals surface area contributed by atoms with Gasteiger partial charge in [-0.3, -0.25) is 0 Å².